The van der Waals surface area contributed by atoms with Crippen LogP contribution in [0.25, 0.3) is 21.5 Å². The van der Waals surface area contributed by atoms with E-state index in [2.05, 4.69) is 4.98 Å². The standard InChI is InChI=1S/C40H33Cl2N4O8PS3/c41-19-23-21-45(30-17-29(25-7-1-3-9-27(25)36(23)30)44(40(49)50)15-16-56-58-35-11-5-6-14-43-35)38(47)33-12-13-34(57-33)39(48)46-22-24(20-42)37-28-10-4-2-8-26(28)32(18-31(37)46)54-55(51,52)53/h1-14,17-18,23-24H,15-16,19-22H2,(H,49,50)(H2,51,52,53)/t23-,24-/m1/s1. The van der Waals surface area contributed by atoms with Crippen molar-refractivity contribution in [3.05, 3.63) is 118 Å². The number of rotatable bonds is 12. The molecule has 4 aromatic carbocycles. The van der Waals surface area contributed by atoms with Gasteiger partial charge in [0, 0.05) is 72.0 Å². The lowest BCUT2D eigenvalue weighted by molar-refractivity contribution is 0.0986. The molecule has 58 heavy (non-hydrogen) atoms. The average Bonchev–Trinajstić information content (AvgIpc) is 3.96. The van der Waals surface area contributed by atoms with Gasteiger partial charge >= 0.3 is 13.9 Å². The van der Waals surface area contributed by atoms with Crippen molar-refractivity contribution in [2.75, 3.05) is 51.8 Å². The summed E-state index contributed by atoms with van der Waals surface area (Å²) in [6, 6.07) is 26.5. The van der Waals surface area contributed by atoms with Crippen LogP contribution in [-0.4, -0.2) is 74.9 Å². The third-order valence-corrected chi connectivity index (χ3v) is 14.6. The molecule has 0 saturated heterocycles. The lowest BCUT2D eigenvalue weighted by atomic mass is 9.94. The van der Waals surface area contributed by atoms with Crippen LogP contribution in [0.15, 0.2) is 102 Å². The van der Waals surface area contributed by atoms with Crippen molar-refractivity contribution in [1.82, 2.24) is 4.98 Å². The van der Waals surface area contributed by atoms with Gasteiger partial charge in [0.25, 0.3) is 11.8 Å². The summed E-state index contributed by atoms with van der Waals surface area (Å²) in [7, 11) is -1.99. The molecule has 4 heterocycles. The molecule has 3 N–H and O–H groups in total. The number of thiophene rings is 1. The fraction of sp³-hybridized carbons (Fsp3) is 0.200. The topological polar surface area (TPSA) is 161 Å². The molecular formula is C40H33Cl2N4O8PS3. The number of halogens is 2. The Balaban J connectivity index is 1.10. The molecule has 6 aromatic rings. The first-order chi connectivity index (χ1) is 28.0. The second-order valence-corrected chi connectivity index (χ2v) is 18.8. The molecule has 0 unspecified atom stereocenters. The maximum Gasteiger partial charge on any atom is 0.524 e. The van der Waals surface area contributed by atoms with E-state index < -0.39 is 19.8 Å². The Hall–Kier alpha value is -4.31. The van der Waals surface area contributed by atoms with E-state index in [-0.39, 0.29) is 64.6 Å². The Bertz CT molecular complexity index is 2630. The lowest BCUT2D eigenvalue weighted by Crippen LogP contribution is -2.32. The smallest absolute Gasteiger partial charge is 0.465 e. The zero-order valence-corrected chi connectivity index (χ0v) is 35.1. The lowest BCUT2D eigenvalue weighted by Gasteiger charge is -2.24. The second kappa shape index (κ2) is 16.7. The van der Waals surface area contributed by atoms with E-state index in [9.17, 15) is 33.8 Å². The first-order valence-corrected chi connectivity index (χ1v) is 23.6. The number of nitrogens with zero attached hydrogens (tertiary/aromatic N) is 4. The zero-order chi connectivity index (χ0) is 40.7. The predicted molar refractivity (Wildman–Crippen MR) is 233 cm³/mol. The summed E-state index contributed by atoms with van der Waals surface area (Å²) in [6.45, 7) is 0.635. The molecule has 2 aliphatic rings. The van der Waals surface area contributed by atoms with Crippen LogP contribution >= 0.6 is 63.9 Å². The number of carboxylic acid groups (broad SMARTS) is 1. The molecule has 0 saturated carbocycles. The first kappa shape index (κ1) is 40.5. The molecule has 0 radical (unpaired) electrons. The van der Waals surface area contributed by atoms with Gasteiger partial charge in [-0.2, -0.15) is 0 Å². The Kier molecular flexibility index (Phi) is 11.7. The van der Waals surface area contributed by atoms with Crippen molar-refractivity contribution in [3.63, 3.8) is 0 Å². The normalized spacial score (nSPS) is 16.1. The van der Waals surface area contributed by atoms with Crippen LogP contribution in [0.2, 0.25) is 0 Å². The number of phosphoric ester groups is 1. The zero-order valence-electron chi connectivity index (χ0n) is 30.2. The van der Waals surface area contributed by atoms with Gasteiger partial charge in [-0.05, 0) is 63.0 Å². The molecule has 0 fully saturated rings. The third kappa shape index (κ3) is 7.78. The number of amides is 3. The van der Waals surface area contributed by atoms with Gasteiger partial charge in [0.2, 0.25) is 0 Å². The van der Waals surface area contributed by atoms with Crippen molar-refractivity contribution in [3.8, 4) is 5.75 Å². The maximum atomic E-state index is 14.5. The van der Waals surface area contributed by atoms with Gasteiger partial charge in [-0.3, -0.25) is 24.3 Å². The number of fused-ring (bicyclic) bond motifs is 6. The number of carbonyl (C=O) groups excluding carboxylic acids is 2. The summed E-state index contributed by atoms with van der Waals surface area (Å²) < 4.78 is 17.0. The van der Waals surface area contributed by atoms with Crippen LogP contribution in [0, 0.1) is 0 Å². The quantitative estimate of drug-likeness (QED) is 0.0464. The SMILES string of the molecule is O=C(c1ccc(C(=O)N2C[C@@H](CCl)c3c2cc(N(CCSSc2ccccn2)C(=O)O)c2ccccc32)s1)N1C[C@@H](CCl)c2c1cc(OP(=O)(O)O)c1ccccc21. The molecule has 18 heteroatoms. The van der Waals surface area contributed by atoms with Gasteiger partial charge in [-0.25, -0.2) is 14.3 Å². The van der Waals surface area contributed by atoms with E-state index in [0.717, 1.165) is 38.3 Å². The van der Waals surface area contributed by atoms with Crippen molar-refractivity contribution >= 4 is 120 Å². The fourth-order valence-corrected chi connectivity index (χ4v) is 11.3. The Morgan fingerprint density at radius 1 is 0.810 bits per heavy atom. The van der Waals surface area contributed by atoms with E-state index in [4.69, 9.17) is 27.7 Å². The monoisotopic (exact) mass is 894 g/mol. The highest BCUT2D eigenvalue weighted by Gasteiger charge is 2.39. The number of hydrogen-bond acceptors (Lipinski definition) is 9. The number of benzene rings is 4. The number of carbonyl (C=O) groups is 3. The second-order valence-electron chi connectivity index (χ2n) is 13.5. The summed E-state index contributed by atoms with van der Waals surface area (Å²) in [4.78, 5) is 70.2. The number of pyridine rings is 1. The van der Waals surface area contributed by atoms with Gasteiger partial charge < -0.3 is 19.4 Å². The largest absolute Gasteiger partial charge is 0.524 e. The van der Waals surface area contributed by atoms with Gasteiger partial charge in [-0.15, -0.1) is 34.5 Å². The average molecular weight is 896 g/mol. The number of hydrogen-bond donors (Lipinski definition) is 3. The molecule has 2 atom stereocenters. The van der Waals surface area contributed by atoms with Gasteiger partial charge in [0.1, 0.15) is 10.8 Å². The molecule has 0 spiro atoms. The van der Waals surface area contributed by atoms with E-state index in [1.54, 1.807) is 53.6 Å². The van der Waals surface area contributed by atoms with Crippen molar-refractivity contribution in [2.45, 2.75) is 16.9 Å². The first-order valence-electron chi connectivity index (χ1n) is 17.9. The molecule has 2 aliphatic heterocycles. The highest BCUT2D eigenvalue weighted by molar-refractivity contribution is 8.76. The molecule has 2 aromatic heterocycles. The number of alkyl halides is 2. The van der Waals surface area contributed by atoms with Crippen molar-refractivity contribution in [2.24, 2.45) is 0 Å². The van der Waals surface area contributed by atoms with Crippen LogP contribution in [0.4, 0.5) is 21.9 Å². The van der Waals surface area contributed by atoms with Crippen LogP contribution in [0.3, 0.4) is 0 Å². The molecular weight excluding hydrogens is 863 g/mol. The fourth-order valence-electron chi connectivity index (χ4n) is 7.68. The molecule has 0 aliphatic carbocycles. The molecule has 298 valence electrons. The predicted octanol–water partition coefficient (Wildman–Crippen LogP) is 9.81. The summed E-state index contributed by atoms with van der Waals surface area (Å²) >= 11 is 14.0. The van der Waals surface area contributed by atoms with Gasteiger partial charge in [-0.1, -0.05) is 65.4 Å². The van der Waals surface area contributed by atoms with Crippen molar-refractivity contribution < 1.29 is 38.4 Å². The Morgan fingerprint density at radius 3 is 1.91 bits per heavy atom. The van der Waals surface area contributed by atoms with Crippen LogP contribution in [0.5, 0.6) is 5.75 Å². The number of aromatic nitrogens is 1. The molecule has 0 bridgehead atoms. The maximum absolute atomic E-state index is 14.5. The van der Waals surface area contributed by atoms with E-state index in [1.807, 2.05) is 42.5 Å². The van der Waals surface area contributed by atoms with Crippen LogP contribution in [0.1, 0.15) is 42.3 Å². The number of anilines is 3. The minimum absolute atomic E-state index is 0.0743. The highest BCUT2D eigenvalue weighted by Crippen LogP contribution is 2.50. The Morgan fingerprint density at radius 2 is 1.36 bits per heavy atom. The molecule has 3 amide bonds. The van der Waals surface area contributed by atoms with Crippen molar-refractivity contribution in [1.29, 1.82) is 0 Å². The molecule has 8 rings (SSSR count). The van der Waals surface area contributed by atoms with E-state index >= 15 is 0 Å². The minimum Gasteiger partial charge on any atom is -0.465 e. The van der Waals surface area contributed by atoms with Crippen LogP contribution in [-0.2, 0) is 4.57 Å². The molecule has 12 nitrogen and oxygen atoms in total. The summed E-state index contributed by atoms with van der Waals surface area (Å²) in [5.41, 5.74) is 3.01. The minimum atomic E-state index is -4.95. The summed E-state index contributed by atoms with van der Waals surface area (Å²) in [6.07, 6.45) is 0.573. The van der Waals surface area contributed by atoms with E-state index in [1.165, 1.54) is 37.5 Å². The van der Waals surface area contributed by atoms with Gasteiger partial charge in [0.15, 0.2) is 0 Å². The highest BCUT2D eigenvalue weighted by atomic mass is 35.5. The van der Waals surface area contributed by atoms with Crippen LogP contribution < -0.4 is 19.2 Å². The summed E-state index contributed by atoms with van der Waals surface area (Å²) in [5.74, 6) is -0.505. The summed E-state index contributed by atoms with van der Waals surface area (Å²) in [5, 5.41) is 13.9. The van der Waals surface area contributed by atoms with Gasteiger partial charge in [0.05, 0.1) is 26.8 Å². The van der Waals surface area contributed by atoms with E-state index in [0.29, 0.717) is 33.6 Å². The third-order valence-electron chi connectivity index (χ3n) is 10.1. The Labute approximate surface area is 354 Å². The number of phosphoric acid groups is 1.